The average molecular weight is 409 g/mol. The van der Waals surface area contributed by atoms with Crippen LogP contribution in [0.15, 0.2) is 12.1 Å². The maximum absolute atomic E-state index is 14.3. The summed E-state index contributed by atoms with van der Waals surface area (Å²) in [6, 6.07) is 2.95. The van der Waals surface area contributed by atoms with E-state index < -0.39 is 17.6 Å². The highest BCUT2D eigenvalue weighted by Gasteiger charge is 2.28. The number of hydrogen-bond donors (Lipinski definition) is 0. The van der Waals surface area contributed by atoms with Crippen LogP contribution in [-0.4, -0.2) is 5.97 Å². The van der Waals surface area contributed by atoms with E-state index in [1.165, 1.54) is 44.6 Å². The summed E-state index contributed by atoms with van der Waals surface area (Å²) < 4.78 is 33.9. The zero-order valence-electron chi connectivity index (χ0n) is 18.3. The second kappa shape index (κ2) is 13.0. The highest BCUT2D eigenvalue weighted by Crippen LogP contribution is 2.33. The van der Waals surface area contributed by atoms with E-state index in [0.717, 1.165) is 44.9 Å². The number of aryl methyl sites for hydroxylation is 1. The molecule has 4 heteroatoms. The minimum absolute atomic E-state index is 0.196. The number of carbonyl (C=O) groups is 1. The third-order valence-electron chi connectivity index (χ3n) is 6.28. The van der Waals surface area contributed by atoms with Crippen LogP contribution >= 0.6 is 0 Å². The van der Waals surface area contributed by atoms with Crippen LogP contribution in [-0.2, 0) is 11.2 Å². The Balaban J connectivity index is 1.78. The molecule has 0 bridgehead atoms. The first-order valence-electron chi connectivity index (χ1n) is 11.7. The molecular weight excluding hydrogens is 370 g/mol. The zero-order valence-corrected chi connectivity index (χ0v) is 18.3. The normalized spacial score (nSPS) is 19.3. The van der Waals surface area contributed by atoms with Gasteiger partial charge in [-0.3, -0.25) is 4.79 Å². The lowest BCUT2D eigenvalue weighted by Gasteiger charge is -2.27. The smallest absolute Gasteiger partial charge is 0.314 e. The van der Waals surface area contributed by atoms with Crippen LogP contribution in [0.3, 0.4) is 0 Å². The molecule has 29 heavy (non-hydrogen) atoms. The molecule has 1 aliphatic carbocycles. The molecule has 0 aliphatic heterocycles. The standard InChI is InChI=1S/C25H38F2O2/c1-3-5-7-8-10-11-19-13-15-21(16-14-19)25(28)29-22-18-17-20(12-9-6-4-2)23(26)24(22)27/h17-19,21H,3-16H2,1-2H3/t19-,21-. The van der Waals surface area contributed by atoms with Gasteiger partial charge in [0.1, 0.15) is 0 Å². The summed E-state index contributed by atoms with van der Waals surface area (Å²) in [5.74, 6) is -2.10. The number of halogens is 2. The van der Waals surface area contributed by atoms with Gasteiger partial charge < -0.3 is 4.74 Å². The van der Waals surface area contributed by atoms with Crippen molar-refractivity contribution in [3.05, 3.63) is 29.3 Å². The number of hydrogen-bond acceptors (Lipinski definition) is 2. The molecule has 1 fully saturated rings. The van der Waals surface area contributed by atoms with Crippen molar-refractivity contribution in [2.45, 2.75) is 104 Å². The van der Waals surface area contributed by atoms with Gasteiger partial charge in [0.25, 0.3) is 0 Å². The molecule has 164 valence electrons. The average Bonchev–Trinajstić information content (AvgIpc) is 2.73. The minimum atomic E-state index is -1.03. The summed E-state index contributed by atoms with van der Waals surface area (Å²) in [5, 5.41) is 0. The molecule has 0 unspecified atom stereocenters. The first-order valence-corrected chi connectivity index (χ1v) is 11.7. The van der Waals surface area contributed by atoms with E-state index in [-0.39, 0.29) is 11.7 Å². The minimum Gasteiger partial charge on any atom is -0.423 e. The maximum Gasteiger partial charge on any atom is 0.314 e. The molecule has 2 rings (SSSR count). The summed E-state index contributed by atoms with van der Waals surface area (Å²) in [6.45, 7) is 4.29. The first kappa shape index (κ1) is 23.8. The lowest BCUT2D eigenvalue weighted by atomic mass is 9.80. The fraction of sp³-hybridized carbons (Fsp3) is 0.720. The van der Waals surface area contributed by atoms with Crippen LogP contribution in [0.1, 0.15) is 103 Å². The molecular formula is C25H38F2O2. The molecule has 2 nitrogen and oxygen atoms in total. The Hall–Kier alpha value is -1.45. The molecule has 1 aromatic carbocycles. The summed E-state index contributed by atoms with van der Waals surface area (Å²) in [4.78, 5) is 12.5. The summed E-state index contributed by atoms with van der Waals surface area (Å²) in [6.07, 6.45) is 14.7. The van der Waals surface area contributed by atoms with Crippen molar-refractivity contribution in [2.75, 3.05) is 0 Å². The van der Waals surface area contributed by atoms with E-state index in [9.17, 15) is 13.6 Å². The second-order valence-corrected chi connectivity index (χ2v) is 8.65. The van der Waals surface area contributed by atoms with Gasteiger partial charge in [-0.2, -0.15) is 4.39 Å². The van der Waals surface area contributed by atoms with E-state index in [4.69, 9.17) is 4.74 Å². The topological polar surface area (TPSA) is 26.3 Å². The fourth-order valence-electron chi connectivity index (χ4n) is 4.32. The molecule has 0 atom stereocenters. The number of carbonyl (C=O) groups excluding carboxylic acids is 1. The second-order valence-electron chi connectivity index (χ2n) is 8.65. The molecule has 0 saturated heterocycles. The highest BCUT2D eigenvalue weighted by atomic mass is 19.2. The van der Waals surface area contributed by atoms with Crippen molar-refractivity contribution in [1.82, 2.24) is 0 Å². The van der Waals surface area contributed by atoms with Gasteiger partial charge >= 0.3 is 5.97 Å². The number of unbranched alkanes of at least 4 members (excludes halogenated alkanes) is 6. The fourth-order valence-corrected chi connectivity index (χ4v) is 4.32. The maximum atomic E-state index is 14.3. The molecule has 1 aliphatic rings. The van der Waals surface area contributed by atoms with Crippen LogP contribution in [0, 0.1) is 23.5 Å². The summed E-state index contributed by atoms with van der Waals surface area (Å²) in [5.41, 5.74) is 0.357. The number of ether oxygens (including phenoxy) is 1. The third-order valence-corrected chi connectivity index (χ3v) is 6.28. The molecule has 0 spiro atoms. The Labute approximate surface area is 175 Å². The molecule has 1 aromatic rings. The highest BCUT2D eigenvalue weighted by molar-refractivity contribution is 5.75. The van der Waals surface area contributed by atoms with Crippen LogP contribution < -0.4 is 4.74 Å². The lowest BCUT2D eigenvalue weighted by molar-refractivity contribution is -0.140. The van der Waals surface area contributed by atoms with E-state index in [2.05, 4.69) is 13.8 Å². The summed E-state index contributed by atoms with van der Waals surface area (Å²) in [7, 11) is 0. The van der Waals surface area contributed by atoms with Gasteiger partial charge in [-0.25, -0.2) is 4.39 Å². The molecule has 0 N–H and O–H groups in total. The van der Waals surface area contributed by atoms with Gasteiger partial charge in [0, 0.05) is 0 Å². The molecule has 0 radical (unpaired) electrons. The Morgan fingerprint density at radius 3 is 2.24 bits per heavy atom. The molecule has 1 saturated carbocycles. The predicted molar refractivity (Wildman–Crippen MR) is 114 cm³/mol. The third kappa shape index (κ3) is 7.71. The molecule has 0 aromatic heterocycles. The van der Waals surface area contributed by atoms with E-state index in [1.54, 1.807) is 6.07 Å². The van der Waals surface area contributed by atoms with Gasteiger partial charge in [-0.1, -0.05) is 71.3 Å². The van der Waals surface area contributed by atoms with Gasteiger partial charge in [0.2, 0.25) is 5.82 Å². The lowest BCUT2D eigenvalue weighted by Crippen LogP contribution is -2.26. The van der Waals surface area contributed by atoms with Gasteiger partial charge in [-0.15, -0.1) is 0 Å². The molecule has 0 heterocycles. The number of esters is 1. The van der Waals surface area contributed by atoms with Crippen molar-refractivity contribution in [3.8, 4) is 5.75 Å². The monoisotopic (exact) mass is 408 g/mol. The van der Waals surface area contributed by atoms with Crippen LogP contribution in [0.2, 0.25) is 0 Å². The van der Waals surface area contributed by atoms with Crippen LogP contribution in [0.25, 0.3) is 0 Å². The predicted octanol–water partition coefficient (Wildman–Crippen LogP) is 7.77. The Bertz CT molecular complexity index is 621. The Morgan fingerprint density at radius 2 is 1.55 bits per heavy atom. The van der Waals surface area contributed by atoms with Crippen molar-refractivity contribution >= 4 is 5.97 Å². The number of benzene rings is 1. The van der Waals surface area contributed by atoms with Crippen molar-refractivity contribution in [2.24, 2.45) is 11.8 Å². The zero-order chi connectivity index (χ0) is 21.1. The van der Waals surface area contributed by atoms with Gasteiger partial charge in [0.05, 0.1) is 5.92 Å². The van der Waals surface area contributed by atoms with E-state index >= 15 is 0 Å². The number of rotatable bonds is 12. The van der Waals surface area contributed by atoms with Crippen molar-refractivity contribution in [1.29, 1.82) is 0 Å². The Morgan fingerprint density at radius 1 is 0.897 bits per heavy atom. The Kier molecular flexibility index (Phi) is 10.7. The van der Waals surface area contributed by atoms with Gasteiger partial charge in [0.15, 0.2) is 11.6 Å². The molecule has 0 amide bonds. The van der Waals surface area contributed by atoms with E-state index in [0.29, 0.717) is 17.9 Å². The van der Waals surface area contributed by atoms with Crippen LogP contribution in [0.5, 0.6) is 5.75 Å². The van der Waals surface area contributed by atoms with Gasteiger partial charge in [-0.05, 0) is 56.1 Å². The van der Waals surface area contributed by atoms with E-state index in [1.807, 2.05) is 0 Å². The SMILES string of the molecule is CCCCCCC[C@H]1CC[C@H](C(=O)Oc2ccc(CCCCC)c(F)c2F)CC1. The van der Waals surface area contributed by atoms with Crippen molar-refractivity contribution in [3.63, 3.8) is 0 Å². The van der Waals surface area contributed by atoms with Crippen molar-refractivity contribution < 1.29 is 18.3 Å². The largest absolute Gasteiger partial charge is 0.423 e. The van der Waals surface area contributed by atoms with Crippen LogP contribution in [0.4, 0.5) is 8.78 Å². The summed E-state index contributed by atoms with van der Waals surface area (Å²) >= 11 is 0. The first-order chi connectivity index (χ1) is 14.1. The quantitative estimate of drug-likeness (QED) is 0.201.